The Morgan fingerprint density at radius 1 is 1.26 bits per heavy atom. The van der Waals surface area contributed by atoms with E-state index in [4.69, 9.17) is 14.3 Å². The van der Waals surface area contributed by atoms with E-state index in [0.29, 0.717) is 11.0 Å². The number of hydrogen-bond acceptors (Lipinski definition) is 2. The van der Waals surface area contributed by atoms with Gasteiger partial charge in [-0.15, -0.1) is 0 Å². The normalized spacial score (nSPS) is 14.5. The number of likely N-dealkylation sites (N-methyl/N-ethyl adjacent to an activating group) is 1. The summed E-state index contributed by atoms with van der Waals surface area (Å²) < 4.78 is 16.7. The van der Waals surface area contributed by atoms with E-state index >= 15 is 0 Å². The molecule has 0 spiro atoms. The molecule has 19 heavy (non-hydrogen) atoms. The molecule has 0 bridgehead atoms. The third-order valence-corrected chi connectivity index (χ3v) is 3.29. The van der Waals surface area contributed by atoms with Gasteiger partial charge in [-0.25, -0.2) is 4.57 Å². The Balaban J connectivity index is 3.15. The Bertz CT molecular complexity index is 490. The predicted molar refractivity (Wildman–Crippen MR) is 74.7 cm³/mol. The maximum absolute atomic E-state index is 11.2. The van der Waals surface area contributed by atoms with Crippen LogP contribution in [-0.2, 0) is 9.09 Å². The zero-order chi connectivity index (χ0) is 14.8. The summed E-state index contributed by atoms with van der Waals surface area (Å²) >= 11 is 0. The molecule has 1 aromatic rings. The minimum Gasteiger partial charge on any atom is -0.328 e. The first kappa shape index (κ1) is 16.3. The zero-order valence-electron chi connectivity index (χ0n) is 12.1. The summed E-state index contributed by atoms with van der Waals surface area (Å²) in [5.74, 6) is 0. The van der Waals surface area contributed by atoms with Crippen molar-refractivity contribution in [3.8, 4) is 0 Å². The van der Waals surface area contributed by atoms with Crippen LogP contribution in [0.4, 0.5) is 0 Å². The van der Waals surface area contributed by atoms with Gasteiger partial charge in [0, 0.05) is 0 Å². The highest BCUT2D eigenvalue weighted by Crippen LogP contribution is 2.43. The second-order valence-electron chi connectivity index (χ2n) is 5.92. The monoisotopic (exact) mass is 288 g/mol. The smallest absolute Gasteiger partial charge is 0.328 e. The van der Waals surface area contributed by atoms with Crippen LogP contribution >= 0.6 is 7.82 Å². The molecule has 0 aliphatic carbocycles. The number of rotatable bonds is 5. The Labute approximate surface area is 114 Å². The lowest BCUT2D eigenvalue weighted by molar-refractivity contribution is -0.874. The Hall–Kier alpha value is -0.710. The van der Waals surface area contributed by atoms with Crippen molar-refractivity contribution in [3.05, 3.63) is 34.9 Å². The van der Waals surface area contributed by atoms with Gasteiger partial charge in [0.1, 0.15) is 12.6 Å². The van der Waals surface area contributed by atoms with Crippen molar-refractivity contribution in [2.24, 2.45) is 0 Å². The Kier molecular flexibility index (Phi) is 4.93. The summed E-state index contributed by atoms with van der Waals surface area (Å²) in [5, 5.41) is 0. The van der Waals surface area contributed by atoms with Crippen molar-refractivity contribution in [2.75, 3.05) is 27.7 Å². The number of aryl methyl sites for hydroxylation is 2. The molecule has 0 fully saturated rings. The molecule has 1 aromatic carbocycles. The van der Waals surface area contributed by atoms with Crippen molar-refractivity contribution in [1.29, 1.82) is 0 Å². The van der Waals surface area contributed by atoms with Gasteiger partial charge in [-0.05, 0) is 25.0 Å². The quantitative estimate of drug-likeness (QED) is 0.643. The van der Waals surface area contributed by atoms with Crippen molar-refractivity contribution in [3.63, 3.8) is 0 Å². The van der Waals surface area contributed by atoms with E-state index in [1.165, 1.54) is 0 Å². The van der Waals surface area contributed by atoms with E-state index in [0.717, 1.165) is 16.7 Å². The molecule has 0 saturated carbocycles. The third-order valence-electron chi connectivity index (χ3n) is 2.76. The molecule has 6 heteroatoms. The van der Waals surface area contributed by atoms with Gasteiger partial charge in [-0.3, -0.25) is 4.52 Å². The average Bonchev–Trinajstić information content (AvgIpc) is 2.16. The minimum absolute atomic E-state index is 0.482. The van der Waals surface area contributed by atoms with E-state index in [1.807, 2.05) is 53.2 Å². The molecular formula is C13H23NO4P+. The van der Waals surface area contributed by atoms with E-state index in [1.54, 1.807) is 0 Å². The number of benzene rings is 1. The van der Waals surface area contributed by atoms with E-state index in [9.17, 15) is 4.57 Å². The molecule has 0 aromatic heterocycles. The average molecular weight is 288 g/mol. The number of quaternary nitrogens is 1. The molecule has 1 unspecified atom stereocenters. The van der Waals surface area contributed by atoms with Gasteiger partial charge < -0.3 is 14.3 Å². The highest BCUT2D eigenvalue weighted by atomic mass is 31.2. The van der Waals surface area contributed by atoms with E-state index < -0.39 is 13.9 Å². The summed E-state index contributed by atoms with van der Waals surface area (Å²) in [5.41, 5.74) is 2.84. The van der Waals surface area contributed by atoms with E-state index in [2.05, 4.69) is 0 Å². The fourth-order valence-corrected chi connectivity index (χ4v) is 2.47. The van der Waals surface area contributed by atoms with Gasteiger partial charge in [0.25, 0.3) is 0 Å². The Morgan fingerprint density at radius 2 is 1.84 bits per heavy atom. The van der Waals surface area contributed by atoms with Crippen LogP contribution in [0.3, 0.4) is 0 Å². The number of phosphoric acid groups is 1. The summed E-state index contributed by atoms with van der Waals surface area (Å²) in [6.07, 6.45) is -0.624. The number of nitrogens with zero attached hydrogens (tertiary/aromatic N) is 1. The molecule has 0 saturated heterocycles. The first-order valence-corrected chi connectivity index (χ1v) is 7.62. The van der Waals surface area contributed by atoms with Crippen molar-refractivity contribution >= 4 is 7.82 Å². The maximum atomic E-state index is 11.2. The minimum atomic E-state index is -4.52. The first-order valence-electron chi connectivity index (χ1n) is 6.09. The molecule has 108 valence electrons. The lowest BCUT2D eigenvalue weighted by Crippen LogP contribution is -2.39. The lowest BCUT2D eigenvalue weighted by atomic mass is 10.0. The number of phosphoric ester groups is 1. The van der Waals surface area contributed by atoms with Crippen LogP contribution in [0.5, 0.6) is 0 Å². The van der Waals surface area contributed by atoms with Crippen LogP contribution in [-0.4, -0.2) is 42.0 Å². The van der Waals surface area contributed by atoms with Gasteiger partial charge >= 0.3 is 7.82 Å². The first-order chi connectivity index (χ1) is 8.48. The zero-order valence-corrected chi connectivity index (χ0v) is 13.0. The summed E-state index contributed by atoms with van der Waals surface area (Å²) in [4.78, 5) is 18.2. The van der Waals surface area contributed by atoms with Crippen molar-refractivity contribution in [2.45, 2.75) is 20.0 Å². The lowest BCUT2D eigenvalue weighted by Gasteiger charge is -2.30. The molecular weight excluding hydrogens is 265 g/mol. The van der Waals surface area contributed by atoms with Gasteiger partial charge in [-0.1, -0.05) is 23.8 Å². The molecule has 0 heterocycles. The summed E-state index contributed by atoms with van der Waals surface area (Å²) in [7, 11) is 1.36. The fourth-order valence-electron chi connectivity index (χ4n) is 1.96. The van der Waals surface area contributed by atoms with Crippen LogP contribution < -0.4 is 0 Å². The van der Waals surface area contributed by atoms with Crippen LogP contribution in [0.2, 0.25) is 0 Å². The third kappa shape index (κ3) is 5.85. The second kappa shape index (κ2) is 5.73. The second-order valence-corrected chi connectivity index (χ2v) is 7.11. The van der Waals surface area contributed by atoms with Crippen molar-refractivity contribution in [1.82, 2.24) is 0 Å². The molecule has 0 amide bonds. The molecule has 0 aliphatic heterocycles. The standard InChI is InChI=1S/C13H22NO4P/c1-10-6-7-11(2)12(8-10)13(9-14(3,4)5)18-19(15,16)17/h6-8,13H,9H2,1-5H3,(H-,15,16,17)/p+1. The summed E-state index contributed by atoms with van der Waals surface area (Å²) in [6, 6.07) is 5.83. The molecule has 1 atom stereocenters. The molecule has 1 rings (SSSR count). The van der Waals surface area contributed by atoms with Crippen LogP contribution in [0, 0.1) is 13.8 Å². The van der Waals surface area contributed by atoms with Gasteiger partial charge in [0.2, 0.25) is 0 Å². The van der Waals surface area contributed by atoms with Crippen LogP contribution in [0.15, 0.2) is 18.2 Å². The van der Waals surface area contributed by atoms with Gasteiger partial charge in [0.15, 0.2) is 0 Å². The van der Waals surface area contributed by atoms with Crippen LogP contribution in [0.1, 0.15) is 22.8 Å². The van der Waals surface area contributed by atoms with Gasteiger partial charge in [0.05, 0.1) is 21.1 Å². The highest BCUT2D eigenvalue weighted by Gasteiger charge is 2.29. The largest absolute Gasteiger partial charge is 0.470 e. The van der Waals surface area contributed by atoms with Crippen LogP contribution in [0.25, 0.3) is 0 Å². The molecule has 0 aliphatic rings. The maximum Gasteiger partial charge on any atom is 0.470 e. The van der Waals surface area contributed by atoms with Gasteiger partial charge in [-0.2, -0.15) is 0 Å². The summed E-state index contributed by atoms with van der Waals surface area (Å²) in [6.45, 7) is 4.35. The molecule has 2 N–H and O–H groups in total. The molecule has 0 radical (unpaired) electrons. The topological polar surface area (TPSA) is 66.8 Å². The Morgan fingerprint density at radius 3 is 2.32 bits per heavy atom. The fraction of sp³-hybridized carbons (Fsp3) is 0.538. The highest BCUT2D eigenvalue weighted by molar-refractivity contribution is 7.46. The SMILES string of the molecule is Cc1ccc(C)c(C(C[N+](C)(C)C)OP(=O)(O)O)c1. The molecule has 5 nitrogen and oxygen atoms in total. The predicted octanol–water partition coefficient (Wildman–Crippen LogP) is 2.16. The van der Waals surface area contributed by atoms with Crippen molar-refractivity contribution < 1.29 is 23.4 Å². The van der Waals surface area contributed by atoms with E-state index in [-0.39, 0.29) is 0 Å². The number of hydrogen-bond donors (Lipinski definition) is 2.